The molecule has 0 rings (SSSR count). The molecular weight excluding hydrogens is 168 g/mol. The van der Waals surface area contributed by atoms with Crippen molar-refractivity contribution >= 4 is 11.6 Å². The van der Waals surface area contributed by atoms with E-state index in [9.17, 15) is 0 Å². The van der Waals surface area contributed by atoms with Crippen LogP contribution in [0, 0.1) is 0 Å². The van der Waals surface area contributed by atoms with Gasteiger partial charge in [0, 0.05) is 20.1 Å². The van der Waals surface area contributed by atoms with E-state index in [-0.39, 0.29) is 13.2 Å². The van der Waals surface area contributed by atoms with Gasteiger partial charge in [0.25, 0.3) is 0 Å². The Balaban J connectivity index is -0.0000000886. The molecule has 0 heterocycles. The Hall–Kier alpha value is -0.0900. The van der Waals surface area contributed by atoms with Crippen LogP contribution >= 0.6 is 11.6 Å². The van der Waals surface area contributed by atoms with E-state index in [1.54, 1.807) is 20.3 Å². The fourth-order valence-corrected chi connectivity index (χ4v) is 0. The van der Waals surface area contributed by atoms with Gasteiger partial charge >= 0.3 is 0 Å². The molecule has 0 fully saturated rings. The fraction of sp³-hybridized carbons (Fsp3) is 0.714. The lowest BCUT2D eigenvalue weighted by Crippen LogP contribution is -1.85. The predicted octanol–water partition coefficient (Wildman–Crippen LogP) is 0.645. The van der Waals surface area contributed by atoms with E-state index in [0.29, 0.717) is 5.88 Å². The standard InChI is InChI=1S/C3H5Cl.C2H6O2.C2H6O/c1-2-3-4;3-1-2-4;1-3-2/h2H,1,3H2;3-4H,1-2H2;1-2H3. The van der Waals surface area contributed by atoms with Gasteiger partial charge in [-0.1, -0.05) is 6.08 Å². The van der Waals surface area contributed by atoms with E-state index in [1.807, 2.05) is 0 Å². The molecule has 0 saturated heterocycles. The van der Waals surface area contributed by atoms with Crippen molar-refractivity contribution in [2.24, 2.45) is 0 Å². The molecule has 0 unspecified atom stereocenters. The number of halogens is 1. The van der Waals surface area contributed by atoms with Crippen molar-refractivity contribution in [2.45, 2.75) is 0 Å². The van der Waals surface area contributed by atoms with E-state index >= 15 is 0 Å². The average Bonchev–Trinajstić information content (AvgIpc) is 2.06. The second-order valence-corrected chi connectivity index (χ2v) is 1.61. The van der Waals surface area contributed by atoms with Crippen LogP contribution in [0.1, 0.15) is 0 Å². The monoisotopic (exact) mass is 184 g/mol. The number of aliphatic hydroxyl groups excluding tert-OH is 2. The topological polar surface area (TPSA) is 49.7 Å². The van der Waals surface area contributed by atoms with Gasteiger partial charge in [0.1, 0.15) is 0 Å². The minimum atomic E-state index is -0.125. The summed E-state index contributed by atoms with van der Waals surface area (Å²) in [6.45, 7) is 3.10. The molecule has 0 spiro atoms. The van der Waals surface area contributed by atoms with E-state index in [1.165, 1.54) is 0 Å². The van der Waals surface area contributed by atoms with E-state index in [0.717, 1.165) is 0 Å². The van der Waals surface area contributed by atoms with E-state index in [2.05, 4.69) is 11.3 Å². The summed E-state index contributed by atoms with van der Waals surface area (Å²) >= 11 is 5.07. The highest BCUT2D eigenvalue weighted by molar-refractivity contribution is 6.18. The lowest BCUT2D eigenvalue weighted by atomic mass is 10.8. The zero-order valence-corrected chi connectivity index (χ0v) is 7.84. The minimum Gasteiger partial charge on any atom is -0.394 e. The molecule has 0 bridgehead atoms. The molecule has 70 valence electrons. The number of aliphatic hydroxyl groups is 2. The molecule has 0 aromatic carbocycles. The molecule has 0 aromatic heterocycles. The highest BCUT2D eigenvalue weighted by Crippen LogP contribution is 1.67. The Morgan fingerprint density at radius 2 is 1.55 bits per heavy atom. The van der Waals surface area contributed by atoms with Crippen LogP contribution in [0.2, 0.25) is 0 Å². The molecule has 0 aliphatic rings. The van der Waals surface area contributed by atoms with Crippen LogP contribution in [0.15, 0.2) is 12.7 Å². The maximum Gasteiger partial charge on any atom is 0.0662 e. The second-order valence-electron chi connectivity index (χ2n) is 1.30. The van der Waals surface area contributed by atoms with Crippen LogP contribution in [0.4, 0.5) is 0 Å². The lowest BCUT2D eigenvalue weighted by Gasteiger charge is -1.70. The fourth-order valence-electron chi connectivity index (χ4n) is 0. The number of methoxy groups -OCH3 is 1. The molecular formula is C7H17ClO3. The molecule has 0 aliphatic heterocycles. The number of ether oxygens (including phenoxy) is 1. The smallest absolute Gasteiger partial charge is 0.0662 e. The van der Waals surface area contributed by atoms with Gasteiger partial charge in [-0.15, -0.1) is 18.2 Å². The average molecular weight is 185 g/mol. The third-order valence-electron chi connectivity index (χ3n) is 0.209. The van der Waals surface area contributed by atoms with Gasteiger partial charge in [0.05, 0.1) is 13.2 Å². The lowest BCUT2D eigenvalue weighted by molar-refractivity contribution is 0.186. The molecule has 0 radical (unpaired) electrons. The van der Waals surface area contributed by atoms with Gasteiger partial charge in [-0.3, -0.25) is 0 Å². The Bertz CT molecular complexity index is 49.0. The number of rotatable bonds is 2. The van der Waals surface area contributed by atoms with Gasteiger partial charge < -0.3 is 14.9 Å². The van der Waals surface area contributed by atoms with Gasteiger partial charge in [-0.05, 0) is 0 Å². The van der Waals surface area contributed by atoms with Gasteiger partial charge in [0.2, 0.25) is 0 Å². The van der Waals surface area contributed by atoms with E-state index in [4.69, 9.17) is 21.8 Å². The first-order chi connectivity index (χ1) is 5.24. The van der Waals surface area contributed by atoms with E-state index < -0.39 is 0 Å². The molecule has 0 saturated carbocycles. The molecule has 4 heteroatoms. The largest absolute Gasteiger partial charge is 0.394 e. The summed E-state index contributed by atoms with van der Waals surface area (Å²) in [6.07, 6.45) is 1.64. The van der Waals surface area contributed by atoms with Crippen molar-refractivity contribution in [1.29, 1.82) is 0 Å². The summed E-state index contributed by atoms with van der Waals surface area (Å²) in [6, 6.07) is 0. The Kier molecular flexibility index (Phi) is 50.8. The van der Waals surface area contributed by atoms with Gasteiger partial charge in [-0.2, -0.15) is 0 Å². The van der Waals surface area contributed by atoms with Crippen LogP contribution in [0.5, 0.6) is 0 Å². The molecule has 3 nitrogen and oxygen atoms in total. The maximum atomic E-state index is 7.62. The molecule has 11 heavy (non-hydrogen) atoms. The van der Waals surface area contributed by atoms with Gasteiger partial charge in [-0.25, -0.2) is 0 Å². The second kappa shape index (κ2) is 32.6. The van der Waals surface area contributed by atoms with Crippen molar-refractivity contribution in [3.05, 3.63) is 12.7 Å². The third kappa shape index (κ3) is 170. The van der Waals surface area contributed by atoms with Crippen LogP contribution in [-0.2, 0) is 4.74 Å². The first kappa shape index (κ1) is 17.1. The number of hydrogen-bond donors (Lipinski definition) is 2. The Morgan fingerprint density at radius 3 is 1.55 bits per heavy atom. The normalized spacial score (nSPS) is 6.64. The predicted molar refractivity (Wildman–Crippen MR) is 48.0 cm³/mol. The van der Waals surface area contributed by atoms with Crippen LogP contribution in [0.25, 0.3) is 0 Å². The quantitative estimate of drug-likeness (QED) is 0.489. The summed E-state index contributed by atoms with van der Waals surface area (Å²) in [4.78, 5) is 0. The number of hydrogen-bond acceptors (Lipinski definition) is 3. The highest BCUT2D eigenvalue weighted by atomic mass is 35.5. The maximum absolute atomic E-state index is 7.62. The first-order valence-electron chi connectivity index (χ1n) is 3.03. The summed E-state index contributed by atoms with van der Waals surface area (Å²) < 4.78 is 4.25. The zero-order valence-electron chi connectivity index (χ0n) is 7.09. The first-order valence-corrected chi connectivity index (χ1v) is 3.57. The SMILES string of the molecule is C=CCCl.COC.OCCO. The van der Waals surface area contributed by atoms with Crippen molar-refractivity contribution in [3.8, 4) is 0 Å². The Morgan fingerprint density at radius 1 is 1.36 bits per heavy atom. The minimum absolute atomic E-state index is 0.125. The number of alkyl halides is 1. The van der Waals surface area contributed by atoms with Crippen LogP contribution in [-0.4, -0.2) is 43.5 Å². The van der Waals surface area contributed by atoms with Crippen molar-refractivity contribution in [3.63, 3.8) is 0 Å². The van der Waals surface area contributed by atoms with Crippen LogP contribution < -0.4 is 0 Å². The number of allylic oxidation sites excluding steroid dienone is 1. The van der Waals surface area contributed by atoms with Crippen molar-refractivity contribution < 1.29 is 14.9 Å². The zero-order chi connectivity index (χ0) is 9.54. The summed E-state index contributed by atoms with van der Waals surface area (Å²) in [5.41, 5.74) is 0. The molecule has 0 aromatic rings. The van der Waals surface area contributed by atoms with Gasteiger partial charge in [0.15, 0.2) is 0 Å². The van der Waals surface area contributed by atoms with Crippen molar-refractivity contribution in [2.75, 3.05) is 33.3 Å². The summed E-state index contributed by atoms with van der Waals surface area (Å²) in [5, 5.41) is 15.2. The Labute approximate surface area is 73.3 Å². The summed E-state index contributed by atoms with van der Waals surface area (Å²) in [5.74, 6) is 0.556. The molecule has 2 N–H and O–H groups in total. The summed E-state index contributed by atoms with van der Waals surface area (Å²) in [7, 11) is 3.25. The molecule has 0 atom stereocenters. The molecule has 0 amide bonds. The molecule has 0 aliphatic carbocycles. The third-order valence-corrected chi connectivity index (χ3v) is 0.427. The van der Waals surface area contributed by atoms with Crippen LogP contribution in [0.3, 0.4) is 0 Å². The highest BCUT2D eigenvalue weighted by Gasteiger charge is 1.58. The van der Waals surface area contributed by atoms with Crippen molar-refractivity contribution in [1.82, 2.24) is 0 Å².